The molecule has 190 valence electrons. The van der Waals surface area contributed by atoms with E-state index in [9.17, 15) is 30.7 Å². The fourth-order valence-corrected chi connectivity index (χ4v) is 4.43. The molecular formula is C28H23F7O. The van der Waals surface area contributed by atoms with Crippen molar-refractivity contribution in [2.24, 2.45) is 5.92 Å². The SMILES string of the molecule is CCC1C=CC(c2ccc(C(F)(F)Oc3ccc(-c4cc(C)c(F)c(F)c4)c(F)c3)c(F)c2F)CC1. The summed E-state index contributed by atoms with van der Waals surface area (Å²) in [5, 5.41) is 0. The van der Waals surface area contributed by atoms with Crippen LogP contribution in [0.2, 0.25) is 0 Å². The molecule has 1 aliphatic carbocycles. The summed E-state index contributed by atoms with van der Waals surface area (Å²) >= 11 is 0. The highest BCUT2D eigenvalue weighted by atomic mass is 19.3. The predicted molar refractivity (Wildman–Crippen MR) is 122 cm³/mol. The Balaban J connectivity index is 1.58. The van der Waals surface area contributed by atoms with Crippen molar-refractivity contribution in [1.29, 1.82) is 0 Å². The van der Waals surface area contributed by atoms with E-state index in [1.807, 2.05) is 13.0 Å². The predicted octanol–water partition coefficient (Wildman–Crippen LogP) is 8.95. The van der Waals surface area contributed by atoms with Crippen LogP contribution in [0.5, 0.6) is 5.75 Å². The van der Waals surface area contributed by atoms with E-state index in [2.05, 4.69) is 4.74 Å². The van der Waals surface area contributed by atoms with Crippen molar-refractivity contribution in [1.82, 2.24) is 0 Å². The average molecular weight is 508 g/mol. The second-order valence-corrected chi connectivity index (χ2v) is 8.92. The number of aryl methyl sites for hydroxylation is 1. The van der Waals surface area contributed by atoms with Crippen LogP contribution >= 0.6 is 0 Å². The van der Waals surface area contributed by atoms with E-state index >= 15 is 0 Å². The largest absolute Gasteiger partial charge is 0.429 e. The Morgan fingerprint density at radius 3 is 2.19 bits per heavy atom. The Bertz CT molecular complexity index is 1290. The summed E-state index contributed by atoms with van der Waals surface area (Å²) < 4.78 is 106. The highest BCUT2D eigenvalue weighted by molar-refractivity contribution is 5.66. The molecular weight excluding hydrogens is 485 g/mol. The summed E-state index contributed by atoms with van der Waals surface area (Å²) in [6, 6.07) is 6.49. The molecule has 1 aliphatic rings. The molecule has 2 unspecified atom stereocenters. The minimum atomic E-state index is -4.31. The van der Waals surface area contributed by atoms with Gasteiger partial charge < -0.3 is 4.74 Å². The number of rotatable bonds is 6. The van der Waals surface area contributed by atoms with Crippen molar-refractivity contribution in [2.45, 2.75) is 45.1 Å². The molecule has 4 rings (SSSR count). The van der Waals surface area contributed by atoms with E-state index in [0.29, 0.717) is 18.4 Å². The van der Waals surface area contributed by atoms with Crippen LogP contribution in [-0.4, -0.2) is 0 Å². The van der Waals surface area contributed by atoms with Crippen LogP contribution in [-0.2, 0) is 6.11 Å². The maximum atomic E-state index is 14.8. The van der Waals surface area contributed by atoms with Crippen molar-refractivity contribution < 1.29 is 35.5 Å². The molecule has 2 atom stereocenters. The Kier molecular flexibility index (Phi) is 7.16. The molecule has 0 bridgehead atoms. The summed E-state index contributed by atoms with van der Waals surface area (Å²) in [6.07, 6.45) is 1.65. The number of allylic oxidation sites excluding steroid dienone is 2. The summed E-state index contributed by atoms with van der Waals surface area (Å²) in [5.41, 5.74) is -1.59. The van der Waals surface area contributed by atoms with Crippen molar-refractivity contribution in [3.8, 4) is 16.9 Å². The van der Waals surface area contributed by atoms with Crippen LogP contribution < -0.4 is 4.74 Å². The molecule has 0 spiro atoms. The lowest BCUT2D eigenvalue weighted by atomic mass is 9.83. The van der Waals surface area contributed by atoms with E-state index in [-0.39, 0.29) is 22.3 Å². The van der Waals surface area contributed by atoms with Crippen LogP contribution in [0.15, 0.2) is 54.6 Å². The lowest BCUT2D eigenvalue weighted by Crippen LogP contribution is -2.24. The molecule has 0 heterocycles. The maximum absolute atomic E-state index is 14.8. The Morgan fingerprint density at radius 2 is 1.58 bits per heavy atom. The molecule has 0 saturated carbocycles. The van der Waals surface area contributed by atoms with Crippen LogP contribution in [0.4, 0.5) is 30.7 Å². The lowest BCUT2D eigenvalue weighted by molar-refractivity contribution is -0.187. The molecule has 0 saturated heterocycles. The number of hydrogen-bond donors (Lipinski definition) is 0. The van der Waals surface area contributed by atoms with Gasteiger partial charge in [0.2, 0.25) is 0 Å². The second-order valence-electron chi connectivity index (χ2n) is 8.92. The molecule has 0 aromatic heterocycles. The van der Waals surface area contributed by atoms with Gasteiger partial charge in [0.15, 0.2) is 23.3 Å². The first-order chi connectivity index (χ1) is 17.0. The number of alkyl halides is 2. The Hall–Kier alpha value is -3.29. The molecule has 36 heavy (non-hydrogen) atoms. The van der Waals surface area contributed by atoms with Crippen LogP contribution in [0.3, 0.4) is 0 Å². The minimum absolute atomic E-state index is 0.00654. The van der Waals surface area contributed by atoms with Gasteiger partial charge in [0.1, 0.15) is 17.1 Å². The number of hydrogen-bond acceptors (Lipinski definition) is 1. The van der Waals surface area contributed by atoms with Crippen molar-refractivity contribution in [2.75, 3.05) is 0 Å². The van der Waals surface area contributed by atoms with Gasteiger partial charge >= 0.3 is 6.11 Å². The zero-order valence-corrected chi connectivity index (χ0v) is 19.5. The van der Waals surface area contributed by atoms with Crippen LogP contribution in [0, 0.1) is 41.9 Å². The van der Waals surface area contributed by atoms with Gasteiger partial charge in [-0.25, -0.2) is 22.0 Å². The third-order valence-corrected chi connectivity index (χ3v) is 6.52. The quantitative estimate of drug-likeness (QED) is 0.239. The molecule has 0 fully saturated rings. The molecule has 0 radical (unpaired) electrons. The molecule has 0 aliphatic heterocycles. The number of benzene rings is 3. The van der Waals surface area contributed by atoms with Crippen molar-refractivity contribution >= 4 is 0 Å². The smallest absolute Gasteiger partial charge is 0.429 e. The first kappa shape index (κ1) is 25.8. The zero-order chi connectivity index (χ0) is 26.2. The summed E-state index contributed by atoms with van der Waals surface area (Å²) in [6.45, 7) is 3.32. The standard InChI is InChI=1S/C28H23F7O/c1-3-16-4-6-17(7-5-16)21-10-11-22(27(33)26(21)32)28(34,35)36-19-8-9-20(23(29)14-19)18-12-15(2)25(31)24(30)13-18/h4,6,8-14,16-17H,3,5,7H2,1-2H3. The third-order valence-electron chi connectivity index (χ3n) is 6.52. The van der Waals surface area contributed by atoms with Gasteiger partial charge in [-0.2, -0.15) is 8.78 Å². The fourth-order valence-electron chi connectivity index (χ4n) is 4.43. The van der Waals surface area contributed by atoms with Crippen molar-refractivity contribution in [3.05, 3.63) is 100 Å². The van der Waals surface area contributed by atoms with E-state index in [1.165, 1.54) is 13.0 Å². The average Bonchev–Trinajstić information content (AvgIpc) is 2.83. The van der Waals surface area contributed by atoms with Gasteiger partial charge in [-0.1, -0.05) is 25.1 Å². The van der Waals surface area contributed by atoms with E-state index < -0.39 is 52.4 Å². The fraction of sp³-hybridized carbons (Fsp3) is 0.286. The monoisotopic (exact) mass is 508 g/mol. The highest BCUT2D eigenvalue weighted by Crippen LogP contribution is 2.39. The minimum Gasteiger partial charge on any atom is -0.429 e. The first-order valence-electron chi connectivity index (χ1n) is 11.5. The molecule has 1 nitrogen and oxygen atoms in total. The van der Waals surface area contributed by atoms with Gasteiger partial charge in [-0.15, -0.1) is 0 Å². The Morgan fingerprint density at radius 1 is 0.833 bits per heavy atom. The topological polar surface area (TPSA) is 9.23 Å². The molecule has 0 amide bonds. The molecule has 3 aromatic carbocycles. The molecule has 3 aromatic rings. The normalized spacial score (nSPS) is 17.9. The number of ether oxygens (including phenoxy) is 1. The third kappa shape index (κ3) is 4.99. The molecule has 8 heteroatoms. The van der Waals surface area contributed by atoms with Gasteiger partial charge in [0.25, 0.3) is 0 Å². The highest BCUT2D eigenvalue weighted by Gasteiger charge is 2.40. The van der Waals surface area contributed by atoms with Gasteiger partial charge in [-0.05, 0) is 79.1 Å². The van der Waals surface area contributed by atoms with E-state index in [0.717, 1.165) is 43.2 Å². The second kappa shape index (κ2) is 9.99. The van der Waals surface area contributed by atoms with Crippen LogP contribution in [0.1, 0.15) is 48.8 Å². The van der Waals surface area contributed by atoms with E-state index in [1.54, 1.807) is 6.08 Å². The van der Waals surface area contributed by atoms with Gasteiger partial charge in [0.05, 0.1) is 0 Å². The van der Waals surface area contributed by atoms with E-state index in [4.69, 9.17) is 0 Å². The lowest BCUT2D eigenvalue weighted by Gasteiger charge is -2.24. The molecule has 0 N–H and O–H groups in total. The summed E-state index contributed by atoms with van der Waals surface area (Å²) in [5.74, 6) is -7.17. The number of halogens is 7. The van der Waals surface area contributed by atoms with Gasteiger partial charge in [-0.3, -0.25) is 0 Å². The zero-order valence-electron chi connectivity index (χ0n) is 19.5. The van der Waals surface area contributed by atoms with Crippen molar-refractivity contribution in [3.63, 3.8) is 0 Å². The maximum Gasteiger partial charge on any atom is 0.429 e. The summed E-state index contributed by atoms with van der Waals surface area (Å²) in [7, 11) is 0. The van der Waals surface area contributed by atoms with Gasteiger partial charge in [0, 0.05) is 17.5 Å². The first-order valence-corrected chi connectivity index (χ1v) is 11.5. The van der Waals surface area contributed by atoms with Crippen LogP contribution in [0.25, 0.3) is 11.1 Å². The summed E-state index contributed by atoms with van der Waals surface area (Å²) in [4.78, 5) is 0. The Labute approximate surface area is 204 Å².